The summed E-state index contributed by atoms with van der Waals surface area (Å²) >= 11 is 0. The summed E-state index contributed by atoms with van der Waals surface area (Å²) < 4.78 is 13.3. The highest BCUT2D eigenvalue weighted by molar-refractivity contribution is 5.81. The van der Waals surface area contributed by atoms with Crippen LogP contribution >= 0.6 is 0 Å². The van der Waals surface area contributed by atoms with Crippen LogP contribution in [0.3, 0.4) is 0 Å². The van der Waals surface area contributed by atoms with Gasteiger partial charge in [-0.1, -0.05) is 32.9 Å². The number of rotatable bonds is 5. The monoisotopic (exact) mass is 267 g/mol. The lowest BCUT2D eigenvalue weighted by Gasteiger charge is -2.31. The third kappa shape index (κ3) is 3.77. The Bertz CT molecular complexity index is 454. The molecule has 0 radical (unpaired) electrons. The number of benzene rings is 1. The summed E-state index contributed by atoms with van der Waals surface area (Å²) in [7, 11) is 0. The SMILES string of the molecule is CC(C)(C)CCC(CN)(C(=O)O)c1cccc(F)c1. The molecule has 0 aliphatic heterocycles. The molecule has 3 N–H and O–H groups in total. The number of halogens is 1. The van der Waals surface area contributed by atoms with E-state index in [1.54, 1.807) is 6.07 Å². The van der Waals surface area contributed by atoms with Crippen LogP contribution < -0.4 is 5.73 Å². The van der Waals surface area contributed by atoms with Crippen molar-refractivity contribution in [1.82, 2.24) is 0 Å². The Morgan fingerprint density at radius 2 is 1.95 bits per heavy atom. The summed E-state index contributed by atoms with van der Waals surface area (Å²) in [6.45, 7) is 6.09. The summed E-state index contributed by atoms with van der Waals surface area (Å²) in [5, 5.41) is 9.56. The Labute approximate surface area is 113 Å². The smallest absolute Gasteiger partial charge is 0.315 e. The Morgan fingerprint density at radius 1 is 1.32 bits per heavy atom. The fourth-order valence-corrected chi connectivity index (χ4v) is 2.06. The minimum Gasteiger partial charge on any atom is -0.481 e. The van der Waals surface area contributed by atoms with Gasteiger partial charge in [0.15, 0.2) is 0 Å². The fourth-order valence-electron chi connectivity index (χ4n) is 2.06. The maximum Gasteiger partial charge on any atom is 0.315 e. The van der Waals surface area contributed by atoms with Gasteiger partial charge in [-0.2, -0.15) is 0 Å². The van der Waals surface area contributed by atoms with Gasteiger partial charge in [0.05, 0.1) is 0 Å². The van der Waals surface area contributed by atoms with Gasteiger partial charge in [0.2, 0.25) is 0 Å². The third-order valence-corrected chi connectivity index (χ3v) is 3.44. The molecule has 0 amide bonds. The average Bonchev–Trinajstić information content (AvgIpc) is 2.28. The second-order valence-corrected chi connectivity index (χ2v) is 6.16. The van der Waals surface area contributed by atoms with E-state index in [-0.39, 0.29) is 12.0 Å². The van der Waals surface area contributed by atoms with E-state index in [9.17, 15) is 14.3 Å². The first-order valence-electron chi connectivity index (χ1n) is 6.41. The van der Waals surface area contributed by atoms with E-state index < -0.39 is 17.2 Å². The molecule has 1 aromatic carbocycles. The summed E-state index contributed by atoms with van der Waals surface area (Å²) in [4.78, 5) is 11.7. The van der Waals surface area contributed by atoms with E-state index in [2.05, 4.69) is 0 Å². The van der Waals surface area contributed by atoms with Gasteiger partial charge in [0, 0.05) is 6.54 Å². The zero-order valence-electron chi connectivity index (χ0n) is 11.7. The van der Waals surface area contributed by atoms with Crippen molar-refractivity contribution in [3.05, 3.63) is 35.6 Å². The number of hydrogen-bond acceptors (Lipinski definition) is 2. The second kappa shape index (κ2) is 5.70. The van der Waals surface area contributed by atoms with Crippen molar-refractivity contribution in [3.63, 3.8) is 0 Å². The molecule has 0 aromatic heterocycles. The Balaban J connectivity index is 3.16. The summed E-state index contributed by atoms with van der Waals surface area (Å²) in [6.07, 6.45) is 1.10. The van der Waals surface area contributed by atoms with E-state index in [0.717, 1.165) is 0 Å². The first-order chi connectivity index (χ1) is 8.71. The van der Waals surface area contributed by atoms with Crippen molar-refractivity contribution in [2.24, 2.45) is 11.1 Å². The van der Waals surface area contributed by atoms with Crippen LogP contribution in [0.2, 0.25) is 0 Å². The highest BCUT2D eigenvalue weighted by Gasteiger charge is 2.39. The quantitative estimate of drug-likeness (QED) is 0.862. The topological polar surface area (TPSA) is 63.3 Å². The Morgan fingerprint density at radius 3 is 2.37 bits per heavy atom. The molecule has 3 nitrogen and oxygen atoms in total. The Kier molecular flexibility index (Phi) is 4.69. The number of carboxylic acid groups (broad SMARTS) is 1. The highest BCUT2D eigenvalue weighted by atomic mass is 19.1. The van der Waals surface area contributed by atoms with Crippen molar-refractivity contribution < 1.29 is 14.3 Å². The van der Waals surface area contributed by atoms with Crippen LogP contribution in [-0.2, 0) is 10.2 Å². The van der Waals surface area contributed by atoms with Crippen molar-refractivity contribution >= 4 is 5.97 Å². The zero-order valence-corrected chi connectivity index (χ0v) is 11.7. The standard InChI is InChI=1S/C15H22FNO2/c1-14(2,3)7-8-15(10-17,13(18)19)11-5-4-6-12(16)9-11/h4-6,9H,7-8,10,17H2,1-3H3,(H,18,19). The number of carboxylic acids is 1. The van der Waals surface area contributed by atoms with Gasteiger partial charge in [-0.15, -0.1) is 0 Å². The summed E-state index contributed by atoms with van der Waals surface area (Å²) in [6, 6.07) is 5.72. The molecule has 0 saturated carbocycles. The van der Waals surface area contributed by atoms with Crippen LogP contribution in [0.15, 0.2) is 24.3 Å². The van der Waals surface area contributed by atoms with Crippen LogP contribution in [0.1, 0.15) is 39.2 Å². The van der Waals surface area contributed by atoms with Crippen molar-refractivity contribution in [2.75, 3.05) is 6.54 Å². The molecule has 19 heavy (non-hydrogen) atoms. The van der Waals surface area contributed by atoms with E-state index >= 15 is 0 Å². The van der Waals surface area contributed by atoms with Crippen LogP contribution in [-0.4, -0.2) is 17.6 Å². The molecular formula is C15H22FNO2. The predicted molar refractivity (Wildman–Crippen MR) is 73.5 cm³/mol. The number of aliphatic carboxylic acids is 1. The lowest BCUT2D eigenvalue weighted by molar-refractivity contribution is -0.144. The molecule has 0 saturated heterocycles. The van der Waals surface area contributed by atoms with Gasteiger partial charge in [0.25, 0.3) is 0 Å². The second-order valence-electron chi connectivity index (χ2n) is 6.16. The predicted octanol–water partition coefficient (Wildman–Crippen LogP) is 2.93. The molecule has 0 aliphatic carbocycles. The molecule has 0 spiro atoms. The number of nitrogens with two attached hydrogens (primary N) is 1. The van der Waals surface area contributed by atoms with Crippen molar-refractivity contribution in [3.8, 4) is 0 Å². The lowest BCUT2D eigenvalue weighted by Crippen LogP contribution is -2.43. The van der Waals surface area contributed by atoms with Crippen LogP contribution in [0.5, 0.6) is 0 Å². The highest BCUT2D eigenvalue weighted by Crippen LogP contribution is 2.34. The van der Waals surface area contributed by atoms with Crippen LogP contribution in [0.25, 0.3) is 0 Å². The summed E-state index contributed by atoms with van der Waals surface area (Å²) in [5.74, 6) is -1.43. The molecule has 4 heteroatoms. The molecule has 1 rings (SSSR count). The van der Waals surface area contributed by atoms with Gasteiger partial charge >= 0.3 is 5.97 Å². The number of carbonyl (C=O) groups is 1. The van der Waals surface area contributed by atoms with Crippen molar-refractivity contribution in [2.45, 2.75) is 39.0 Å². The fraction of sp³-hybridized carbons (Fsp3) is 0.533. The molecule has 0 aliphatic rings. The molecule has 106 valence electrons. The maximum atomic E-state index is 13.3. The van der Waals surface area contributed by atoms with Gasteiger partial charge in [0.1, 0.15) is 11.2 Å². The van der Waals surface area contributed by atoms with E-state index in [4.69, 9.17) is 5.73 Å². The normalized spacial score (nSPS) is 15.0. The largest absolute Gasteiger partial charge is 0.481 e. The van der Waals surface area contributed by atoms with Crippen LogP contribution in [0, 0.1) is 11.2 Å². The summed E-state index contributed by atoms with van der Waals surface area (Å²) in [5.41, 5.74) is 4.94. The van der Waals surface area contributed by atoms with Gasteiger partial charge < -0.3 is 10.8 Å². The molecule has 1 unspecified atom stereocenters. The van der Waals surface area contributed by atoms with E-state index in [1.807, 2.05) is 20.8 Å². The minimum atomic E-state index is -1.21. The van der Waals surface area contributed by atoms with E-state index in [1.165, 1.54) is 18.2 Å². The first-order valence-corrected chi connectivity index (χ1v) is 6.41. The van der Waals surface area contributed by atoms with Gasteiger partial charge in [-0.05, 0) is 36.0 Å². The van der Waals surface area contributed by atoms with Crippen LogP contribution in [0.4, 0.5) is 4.39 Å². The minimum absolute atomic E-state index is 0.00317. The molecule has 0 fully saturated rings. The van der Waals surface area contributed by atoms with Gasteiger partial charge in [-0.3, -0.25) is 4.79 Å². The molecule has 1 atom stereocenters. The lowest BCUT2D eigenvalue weighted by atomic mass is 9.73. The molecule has 1 aromatic rings. The van der Waals surface area contributed by atoms with E-state index in [0.29, 0.717) is 18.4 Å². The van der Waals surface area contributed by atoms with Crippen molar-refractivity contribution in [1.29, 1.82) is 0 Å². The maximum absolute atomic E-state index is 13.3. The molecular weight excluding hydrogens is 245 g/mol. The van der Waals surface area contributed by atoms with Gasteiger partial charge in [-0.25, -0.2) is 4.39 Å². The zero-order chi connectivity index (χ0) is 14.7. The number of hydrogen-bond donors (Lipinski definition) is 2. The first kappa shape index (κ1) is 15.6. The Hall–Kier alpha value is -1.42. The molecule has 0 bridgehead atoms. The third-order valence-electron chi connectivity index (χ3n) is 3.44. The molecule has 0 heterocycles. The average molecular weight is 267 g/mol.